The second-order valence-corrected chi connectivity index (χ2v) is 4.52. The van der Waals surface area contributed by atoms with Crippen LogP contribution >= 0.6 is 11.3 Å². The van der Waals surface area contributed by atoms with Crippen molar-refractivity contribution in [1.29, 1.82) is 0 Å². The van der Waals surface area contributed by atoms with Crippen LogP contribution < -0.4 is 5.32 Å². The third kappa shape index (κ3) is 2.49. The number of hydrogen-bond donors (Lipinski definition) is 1. The number of hydrogen-bond acceptors (Lipinski definition) is 2. The molecule has 0 aliphatic rings. The van der Waals surface area contributed by atoms with E-state index in [0.29, 0.717) is 6.54 Å². The molecule has 1 aromatic heterocycles. The van der Waals surface area contributed by atoms with Crippen LogP contribution in [0.1, 0.15) is 20.8 Å². The van der Waals surface area contributed by atoms with Gasteiger partial charge in [-0.05, 0) is 29.5 Å². The smallest absolute Gasteiger partial charge is 0.261 e. The summed E-state index contributed by atoms with van der Waals surface area (Å²) in [7, 11) is 0. The highest BCUT2D eigenvalue weighted by atomic mass is 32.1. The summed E-state index contributed by atoms with van der Waals surface area (Å²) in [5, 5.41) is 4.85. The van der Waals surface area contributed by atoms with E-state index < -0.39 is 0 Å². The summed E-state index contributed by atoms with van der Waals surface area (Å²) in [4.78, 5) is 12.6. The lowest BCUT2D eigenvalue weighted by atomic mass is 10.2. The summed E-state index contributed by atoms with van der Waals surface area (Å²) in [6, 6.07) is 11.9. The molecule has 0 fully saturated rings. The zero-order valence-electron chi connectivity index (χ0n) is 9.07. The predicted octanol–water partition coefficient (Wildman–Crippen LogP) is 2.99. The zero-order valence-corrected chi connectivity index (χ0v) is 9.88. The lowest BCUT2D eigenvalue weighted by Crippen LogP contribution is -2.22. The number of carbonyl (C=O) groups is 1. The van der Waals surface area contributed by atoms with Gasteiger partial charge in [0.1, 0.15) is 0 Å². The average molecular weight is 231 g/mol. The normalized spacial score (nSPS) is 10.1. The van der Waals surface area contributed by atoms with E-state index in [2.05, 4.69) is 5.32 Å². The van der Waals surface area contributed by atoms with Crippen molar-refractivity contribution in [2.75, 3.05) is 0 Å². The molecule has 3 heteroatoms. The van der Waals surface area contributed by atoms with Crippen LogP contribution in [0, 0.1) is 6.92 Å². The van der Waals surface area contributed by atoms with Gasteiger partial charge >= 0.3 is 0 Å². The summed E-state index contributed by atoms with van der Waals surface area (Å²) in [5.74, 6) is 0.0105. The third-order valence-corrected chi connectivity index (χ3v) is 3.38. The Morgan fingerprint density at radius 1 is 1.25 bits per heavy atom. The minimum Gasteiger partial charge on any atom is -0.347 e. The van der Waals surface area contributed by atoms with Gasteiger partial charge in [-0.25, -0.2) is 0 Å². The van der Waals surface area contributed by atoms with Crippen LogP contribution in [0.25, 0.3) is 0 Å². The Morgan fingerprint density at radius 3 is 2.62 bits per heavy atom. The molecule has 1 aromatic carbocycles. The van der Waals surface area contributed by atoms with Gasteiger partial charge in [0.15, 0.2) is 0 Å². The van der Waals surface area contributed by atoms with E-state index in [1.54, 1.807) is 0 Å². The van der Waals surface area contributed by atoms with E-state index >= 15 is 0 Å². The van der Waals surface area contributed by atoms with Gasteiger partial charge in [0.2, 0.25) is 0 Å². The fourth-order valence-electron chi connectivity index (χ4n) is 1.46. The standard InChI is InChI=1S/C13H13NOS/c1-10-7-8-16-12(10)13(15)14-9-11-5-3-2-4-6-11/h2-8H,9H2,1H3,(H,14,15). The highest BCUT2D eigenvalue weighted by Crippen LogP contribution is 2.15. The van der Waals surface area contributed by atoms with Crippen LogP contribution in [0.2, 0.25) is 0 Å². The van der Waals surface area contributed by atoms with Gasteiger partial charge in [-0.1, -0.05) is 30.3 Å². The molecule has 2 aromatic rings. The van der Waals surface area contributed by atoms with Crippen LogP contribution in [0.4, 0.5) is 0 Å². The molecule has 0 aliphatic heterocycles. The molecule has 1 N–H and O–H groups in total. The Hall–Kier alpha value is -1.61. The zero-order chi connectivity index (χ0) is 11.4. The molecule has 0 aliphatic carbocycles. The number of thiophene rings is 1. The van der Waals surface area contributed by atoms with Gasteiger partial charge in [-0.3, -0.25) is 4.79 Å². The van der Waals surface area contributed by atoms with Crippen molar-refractivity contribution < 1.29 is 4.79 Å². The molecular formula is C13H13NOS. The molecule has 0 unspecified atom stereocenters. The second-order valence-electron chi connectivity index (χ2n) is 3.60. The maximum absolute atomic E-state index is 11.8. The number of nitrogens with one attached hydrogen (secondary N) is 1. The van der Waals surface area contributed by atoms with Crippen molar-refractivity contribution in [3.8, 4) is 0 Å². The summed E-state index contributed by atoms with van der Waals surface area (Å²) in [6.07, 6.45) is 0. The molecule has 0 saturated heterocycles. The fourth-order valence-corrected chi connectivity index (χ4v) is 2.31. The average Bonchev–Trinajstić information content (AvgIpc) is 2.74. The van der Waals surface area contributed by atoms with Gasteiger partial charge in [0.25, 0.3) is 5.91 Å². The van der Waals surface area contributed by atoms with Gasteiger partial charge in [-0.15, -0.1) is 11.3 Å². The summed E-state index contributed by atoms with van der Waals surface area (Å²) in [6.45, 7) is 2.53. The van der Waals surface area contributed by atoms with Crippen LogP contribution in [0.15, 0.2) is 41.8 Å². The van der Waals surface area contributed by atoms with E-state index in [-0.39, 0.29) is 5.91 Å². The van der Waals surface area contributed by atoms with Crippen molar-refractivity contribution >= 4 is 17.2 Å². The molecule has 1 heterocycles. The Morgan fingerprint density at radius 2 is 2.00 bits per heavy atom. The molecule has 0 bridgehead atoms. The minimum absolute atomic E-state index is 0.0105. The fraction of sp³-hybridized carbons (Fsp3) is 0.154. The topological polar surface area (TPSA) is 29.1 Å². The number of aryl methyl sites for hydroxylation is 1. The third-order valence-electron chi connectivity index (χ3n) is 2.36. The Kier molecular flexibility index (Phi) is 3.37. The van der Waals surface area contributed by atoms with Crippen LogP contribution in [0.3, 0.4) is 0 Å². The molecule has 0 radical (unpaired) electrons. The summed E-state index contributed by atoms with van der Waals surface area (Å²) >= 11 is 1.48. The predicted molar refractivity (Wildman–Crippen MR) is 66.7 cm³/mol. The van der Waals surface area contributed by atoms with E-state index in [0.717, 1.165) is 16.0 Å². The summed E-state index contributed by atoms with van der Waals surface area (Å²) in [5.41, 5.74) is 2.15. The number of carbonyl (C=O) groups excluding carboxylic acids is 1. The minimum atomic E-state index is 0.0105. The van der Waals surface area contributed by atoms with Gasteiger partial charge in [0.05, 0.1) is 4.88 Å². The van der Waals surface area contributed by atoms with Crippen LogP contribution in [-0.4, -0.2) is 5.91 Å². The monoisotopic (exact) mass is 231 g/mol. The van der Waals surface area contributed by atoms with Crippen LogP contribution in [0.5, 0.6) is 0 Å². The second kappa shape index (κ2) is 4.94. The van der Waals surface area contributed by atoms with Gasteiger partial charge in [0, 0.05) is 6.54 Å². The first-order chi connectivity index (χ1) is 7.77. The molecule has 1 amide bonds. The quantitative estimate of drug-likeness (QED) is 0.864. The molecule has 82 valence electrons. The van der Waals surface area contributed by atoms with Gasteiger partial charge in [-0.2, -0.15) is 0 Å². The number of benzene rings is 1. The number of rotatable bonds is 3. The van der Waals surface area contributed by atoms with Crippen molar-refractivity contribution in [3.05, 3.63) is 57.8 Å². The van der Waals surface area contributed by atoms with E-state index in [1.165, 1.54) is 11.3 Å². The SMILES string of the molecule is Cc1ccsc1C(=O)NCc1ccccc1. The van der Waals surface area contributed by atoms with E-state index in [1.807, 2.05) is 48.7 Å². The van der Waals surface area contributed by atoms with Gasteiger partial charge < -0.3 is 5.32 Å². The highest BCUT2D eigenvalue weighted by Gasteiger charge is 2.09. The van der Waals surface area contributed by atoms with Crippen molar-refractivity contribution in [2.24, 2.45) is 0 Å². The number of amides is 1. The molecule has 16 heavy (non-hydrogen) atoms. The highest BCUT2D eigenvalue weighted by molar-refractivity contribution is 7.12. The van der Waals surface area contributed by atoms with Crippen molar-refractivity contribution in [1.82, 2.24) is 5.32 Å². The Labute approximate surface area is 98.9 Å². The first kappa shape index (κ1) is 10.9. The largest absolute Gasteiger partial charge is 0.347 e. The molecule has 2 nitrogen and oxygen atoms in total. The Balaban J connectivity index is 1.97. The van der Waals surface area contributed by atoms with Crippen molar-refractivity contribution in [2.45, 2.75) is 13.5 Å². The first-order valence-electron chi connectivity index (χ1n) is 5.13. The molecular weight excluding hydrogens is 218 g/mol. The first-order valence-corrected chi connectivity index (χ1v) is 6.01. The molecule has 2 rings (SSSR count). The van der Waals surface area contributed by atoms with Crippen molar-refractivity contribution in [3.63, 3.8) is 0 Å². The lowest BCUT2D eigenvalue weighted by Gasteiger charge is -2.04. The lowest BCUT2D eigenvalue weighted by molar-refractivity contribution is 0.0954. The maximum atomic E-state index is 11.8. The Bertz CT molecular complexity index is 476. The molecule has 0 saturated carbocycles. The van der Waals surface area contributed by atoms with E-state index in [9.17, 15) is 4.79 Å². The summed E-state index contributed by atoms with van der Waals surface area (Å²) < 4.78 is 0. The van der Waals surface area contributed by atoms with E-state index in [4.69, 9.17) is 0 Å². The molecule has 0 atom stereocenters. The molecule has 0 spiro atoms. The maximum Gasteiger partial charge on any atom is 0.261 e. The van der Waals surface area contributed by atoms with Crippen LogP contribution in [-0.2, 0) is 6.54 Å².